The Kier molecular flexibility index (Phi) is 6.14. The lowest BCUT2D eigenvalue weighted by molar-refractivity contribution is 0.0705. The Bertz CT molecular complexity index is 595. The van der Waals surface area contributed by atoms with Gasteiger partial charge in [0.05, 0.1) is 0 Å². The lowest BCUT2D eigenvalue weighted by Gasteiger charge is -2.29. The maximum Gasteiger partial charge on any atom is 0.505 e. The van der Waals surface area contributed by atoms with Crippen LogP contribution in [-0.4, -0.2) is 28.6 Å². The van der Waals surface area contributed by atoms with E-state index in [0.29, 0.717) is 25.9 Å². The van der Waals surface area contributed by atoms with Gasteiger partial charge in [0.2, 0.25) is 0 Å². The van der Waals surface area contributed by atoms with E-state index in [2.05, 4.69) is 43.3 Å². The molecule has 0 aliphatic heterocycles. The Hall–Kier alpha value is -1.20. The van der Waals surface area contributed by atoms with Crippen LogP contribution in [0.1, 0.15) is 31.9 Å². The predicted octanol–water partition coefficient (Wildman–Crippen LogP) is 4.28. The Labute approximate surface area is 134 Å². The van der Waals surface area contributed by atoms with E-state index >= 15 is 0 Å². The number of rotatable bonds is 8. The number of benzene rings is 2. The highest BCUT2D eigenvalue weighted by atomic mass is 28.4. The minimum atomic E-state index is -2.67. The molecular formula is C18H26O3Si. The third-order valence-corrected chi connectivity index (χ3v) is 6.73. The second-order valence-electron chi connectivity index (χ2n) is 5.25. The molecule has 0 fully saturated rings. The van der Waals surface area contributed by atoms with Crippen molar-refractivity contribution < 1.29 is 13.3 Å². The van der Waals surface area contributed by atoms with Gasteiger partial charge in [-0.3, -0.25) is 0 Å². The third kappa shape index (κ3) is 3.76. The van der Waals surface area contributed by atoms with Crippen LogP contribution in [0.3, 0.4) is 0 Å². The van der Waals surface area contributed by atoms with Gasteiger partial charge in [0.15, 0.2) is 0 Å². The average molecular weight is 318 g/mol. The zero-order valence-electron chi connectivity index (χ0n) is 14.0. The molecule has 2 aromatic rings. The summed E-state index contributed by atoms with van der Waals surface area (Å²) in [5, 5.41) is 2.55. The summed E-state index contributed by atoms with van der Waals surface area (Å²) >= 11 is 0. The van der Waals surface area contributed by atoms with Crippen molar-refractivity contribution >= 4 is 19.6 Å². The van der Waals surface area contributed by atoms with Crippen LogP contribution >= 0.6 is 0 Å². The van der Waals surface area contributed by atoms with Crippen LogP contribution in [0.15, 0.2) is 36.4 Å². The second-order valence-corrected chi connectivity index (χ2v) is 7.83. The van der Waals surface area contributed by atoms with Crippen molar-refractivity contribution in [3.05, 3.63) is 47.5 Å². The van der Waals surface area contributed by atoms with Crippen LogP contribution in [0.2, 0.25) is 0 Å². The maximum absolute atomic E-state index is 5.99. The van der Waals surface area contributed by atoms with Crippen molar-refractivity contribution in [2.45, 2.75) is 33.7 Å². The normalized spacial score (nSPS) is 12.0. The molecule has 0 N–H and O–H groups in total. The van der Waals surface area contributed by atoms with Crippen LogP contribution in [0.25, 0.3) is 10.8 Å². The Balaban J connectivity index is 2.43. The lowest BCUT2D eigenvalue weighted by Crippen LogP contribution is -2.48. The molecule has 0 saturated carbocycles. The van der Waals surface area contributed by atoms with Gasteiger partial charge in [-0.25, -0.2) is 0 Å². The first-order valence-electron chi connectivity index (χ1n) is 8.04. The van der Waals surface area contributed by atoms with Gasteiger partial charge >= 0.3 is 8.80 Å². The maximum atomic E-state index is 5.99. The highest BCUT2D eigenvalue weighted by molar-refractivity contribution is 6.60. The molecule has 0 atom stereocenters. The van der Waals surface area contributed by atoms with Crippen LogP contribution in [0, 0.1) is 6.92 Å². The highest BCUT2D eigenvalue weighted by Gasteiger charge is 2.41. The van der Waals surface area contributed by atoms with Crippen molar-refractivity contribution in [1.29, 1.82) is 0 Å². The monoisotopic (exact) mass is 318 g/mol. The lowest BCUT2D eigenvalue weighted by atomic mass is 10.0. The van der Waals surface area contributed by atoms with Crippen molar-refractivity contribution in [2.24, 2.45) is 0 Å². The van der Waals surface area contributed by atoms with E-state index in [1.54, 1.807) is 0 Å². The first-order chi connectivity index (χ1) is 10.7. The molecule has 2 aromatic carbocycles. The zero-order chi connectivity index (χ0) is 16.0. The minimum Gasteiger partial charge on any atom is -0.374 e. The zero-order valence-corrected chi connectivity index (χ0v) is 15.0. The molecule has 0 radical (unpaired) electrons. The van der Waals surface area contributed by atoms with Gasteiger partial charge in [-0.05, 0) is 49.6 Å². The van der Waals surface area contributed by atoms with Gasteiger partial charge in [-0.15, -0.1) is 0 Å². The summed E-state index contributed by atoms with van der Waals surface area (Å²) < 4.78 is 18.0. The number of fused-ring (bicyclic) bond motifs is 1. The fraction of sp³-hybridized carbons (Fsp3) is 0.444. The average Bonchev–Trinajstić information content (AvgIpc) is 2.51. The molecule has 4 heteroatoms. The van der Waals surface area contributed by atoms with Crippen LogP contribution < -0.4 is 0 Å². The summed E-state index contributed by atoms with van der Waals surface area (Å²) in [6.45, 7) is 9.94. The molecule has 0 bridgehead atoms. The highest BCUT2D eigenvalue weighted by Crippen LogP contribution is 2.26. The van der Waals surface area contributed by atoms with Gasteiger partial charge in [-0.2, -0.15) is 0 Å². The van der Waals surface area contributed by atoms with Crippen molar-refractivity contribution in [2.75, 3.05) is 19.8 Å². The van der Waals surface area contributed by atoms with Gasteiger partial charge in [0.25, 0.3) is 0 Å². The molecule has 0 aliphatic rings. The molecule has 0 aromatic heterocycles. The molecule has 0 aliphatic carbocycles. The summed E-state index contributed by atoms with van der Waals surface area (Å²) in [6, 6.07) is 13.6. The van der Waals surface area contributed by atoms with E-state index in [1.165, 1.54) is 21.9 Å². The van der Waals surface area contributed by atoms with Gasteiger partial charge in [0.1, 0.15) is 0 Å². The van der Waals surface area contributed by atoms with E-state index in [1.807, 2.05) is 20.8 Å². The number of hydrogen-bond acceptors (Lipinski definition) is 3. The first-order valence-corrected chi connectivity index (χ1v) is 9.98. The Morgan fingerprint density at radius 3 is 1.86 bits per heavy atom. The summed E-state index contributed by atoms with van der Waals surface area (Å²) in [5.41, 5.74) is 2.53. The summed E-state index contributed by atoms with van der Waals surface area (Å²) in [6.07, 6.45) is 0. The van der Waals surface area contributed by atoms with E-state index in [-0.39, 0.29) is 0 Å². The SMILES string of the molecule is CCO[Si](Cc1ccc(C)c2ccccc12)(OCC)OCC. The van der Waals surface area contributed by atoms with E-state index in [4.69, 9.17) is 13.3 Å². The minimum absolute atomic E-state index is 0.607. The summed E-state index contributed by atoms with van der Waals surface area (Å²) in [5.74, 6) is 0. The molecule has 22 heavy (non-hydrogen) atoms. The smallest absolute Gasteiger partial charge is 0.374 e. The molecule has 3 nitrogen and oxygen atoms in total. The molecule has 0 heterocycles. The van der Waals surface area contributed by atoms with Crippen LogP contribution in [-0.2, 0) is 19.3 Å². The third-order valence-electron chi connectivity index (χ3n) is 3.73. The van der Waals surface area contributed by atoms with Gasteiger partial charge in [0, 0.05) is 25.9 Å². The van der Waals surface area contributed by atoms with Gasteiger partial charge < -0.3 is 13.3 Å². The topological polar surface area (TPSA) is 27.7 Å². The standard InChI is InChI=1S/C18H26O3Si/c1-5-19-22(20-6-2,21-7-3)14-16-13-12-15(4)17-10-8-9-11-18(16)17/h8-13H,5-7,14H2,1-4H3. The van der Waals surface area contributed by atoms with Crippen molar-refractivity contribution in [3.8, 4) is 0 Å². The molecule has 0 amide bonds. The Morgan fingerprint density at radius 2 is 1.32 bits per heavy atom. The molecule has 120 valence electrons. The fourth-order valence-electron chi connectivity index (χ4n) is 2.84. The van der Waals surface area contributed by atoms with Gasteiger partial charge in [-0.1, -0.05) is 36.4 Å². The first kappa shape index (κ1) is 17.2. The Morgan fingerprint density at radius 1 is 0.773 bits per heavy atom. The number of hydrogen-bond donors (Lipinski definition) is 0. The number of aryl methyl sites for hydroxylation is 1. The molecule has 2 rings (SSSR count). The molecule has 0 spiro atoms. The summed E-state index contributed by atoms with van der Waals surface area (Å²) in [4.78, 5) is 0. The quantitative estimate of drug-likeness (QED) is 0.680. The fourth-order valence-corrected chi connectivity index (χ4v) is 5.49. The second kappa shape index (κ2) is 7.88. The van der Waals surface area contributed by atoms with Crippen molar-refractivity contribution in [1.82, 2.24) is 0 Å². The molecule has 0 saturated heterocycles. The van der Waals surface area contributed by atoms with Crippen LogP contribution in [0.5, 0.6) is 0 Å². The predicted molar refractivity (Wildman–Crippen MR) is 93.0 cm³/mol. The molecule has 0 unspecified atom stereocenters. The van der Waals surface area contributed by atoms with Crippen LogP contribution in [0.4, 0.5) is 0 Å². The van der Waals surface area contributed by atoms with Crippen molar-refractivity contribution in [3.63, 3.8) is 0 Å². The van der Waals surface area contributed by atoms with E-state index < -0.39 is 8.80 Å². The van der Waals surface area contributed by atoms with E-state index in [0.717, 1.165) is 0 Å². The summed E-state index contributed by atoms with van der Waals surface area (Å²) in [7, 11) is -2.67. The van der Waals surface area contributed by atoms with E-state index in [9.17, 15) is 0 Å². The largest absolute Gasteiger partial charge is 0.505 e. The molecular weight excluding hydrogens is 292 g/mol.